The van der Waals surface area contributed by atoms with Gasteiger partial charge in [0.25, 0.3) is 0 Å². The fourth-order valence-electron chi connectivity index (χ4n) is 3.81. The van der Waals surface area contributed by atoms with Gasteiger partial charge in [-0.2, -0.15) is 13.2 Å². The number of hydrogen-bond donors (Lipinski definition) is 1. The third-order valence-corrected chi connectivity index (χ3v) is 4.85. The Labute approximate surface area is 111 Å². The predicted molar refractivity (Wildman–Crippen MR) is 68.8 cm³/mol. The molecule has 1 nitrogen and oxygen atoms in total. The van der Waals surface area contributed by atoms with Gasteiger partial charge in [0.2, 0.25) is 0 Å². The largest absolute Gasteiger partial charge is 0.416 e. The van der Waals surface area contributed by atoms with Gasteiger partial charge < -0.3 is 5.32 Å². The molecule has 0 amide bonds. The van der Waals surface area contributed by atoms with Crippen molar-refractivity contribution in [3.63, 3.8) is 0 Å². The summed E-state index contributed by atoms with van der Waals surface area (Å²) in [6.07, 6.45) is -0.534. The van der Waals surface area contributed by atoms with Crippen LogP contribution in [0.2, 0.25) is 0 Å². The smallest absolute Gasteiger partial charge is 0.382 e. The lowest BCUT2D eigenvalue weighted by Crippen LogP contribution is -2.33. The van der Waals surface area contributed by atoms with Crippen LogP contribution in [0.3, 0.4) is 0 Å². The molecule has 2 aliphatic rings. The highest BCUT2D eigenvalue weighted by atomic mass is 19.4. The van der Waals surface area contributed by atoms with Crippen molar-refractivity contribution in [2.75, 3.05) is 5.32 Å². The van der Waals surface area contributed by atoms with E-state index in [1.54, 1.807) is 6.07 Å². The third-order valence-electron chi connectivity index (χ3n) is 4.85. The Kier molecular flexibility index (Phi) is 2.99. The van der Waals surface area contributed by atoms with Gasteiger partial charge in [-0.3, -0.25) is 0 Å². The number of alkyl halides is 3. The number of fused-ring (bicyclic) bond motifs is 2. The van der Waals surface area contributed by atoms with Crippen LogP contribution in [0, 0.1) is 17.8 Å². The standard InChI is InChI=1S/C15H18F3N/c1-9-10-5-6-11(7-10)14(9)19-13-4-2-3-12(8-13)15(16,17)18/h2-4,8-11,14,19H,5-7H2,1H3/t9-,10?,11?,14-/m1/s1. The van der Waals surface area contributed by atoms with Crippen LogP contribution in [0.4, 0.5) is 18.9 Å². The van der Waals surface area contributed by atoms with E-state index in [-0.39, 0.29) is 0 Å². The maximum Gasteiger partial charge on any atom is 0.416 e. The zero-order chi connectivity index (χ0) is 13.6. The van der Waals surface area contributed by atoms with Crippen LogP contribution in [0.5, 0.6) is 0 Å². The summed E-state index contributed by atoms with van der Waals surface area (Å²) in [6.45, 7) is 2.22. The Morgan fingerprint density at radius 3 is 2.53 bits per heavy atom. The van der Waals surface area contributed by atoms with Crippen molar-refractivity contribution in [3.05, 3.63) is 29.8 Å². The predicted octanol–water partition coefficient (Wildman–Crippen LogP) is 4.55. The quantitative estimate of drug-likeness (QED) is 0.830. The first-order chi connectivity index (χ1) is 8.95. The highest BCUT2D eigenvalue weighted by Gasteiger charge is 2.45. The number of benzene rings is 1. The lowest BCUT2D eigenvalue weighted by Gasteiger charge is -2.30. The van der Waals surface area contributed by atoms with Crippen molar-refractivity contribution in [2.45, 2.75) is 38.4 Å². The van der Waals surface area contributed by atoms with E-state index in [9.17, 15) is 13.2 Å². The Balaban J connectivity index is 1.77. The van der Waals surface area contributed by atoms with Crippen LogP contribution in [-0.4, -0.2) is 6.04 Å². The maximum atomic E-state index is 12.7. The number of halogens is 3. The molecule has 0 heterocycles. The van der Waals surface area contributed by atoms with Gasteiger partial charge in [-0.05, 0) is 55.2 Å². The number of hydrogen-bond acceptors (Lipinski definition) is 1. The van der Waals surface area contributed by atoms with Crippen LogP contribution in [0.25, 0.3) is 0 Å². The van der Waals surface area contributed by atoms with Crippen molar-refractivity contribution in [2.24, 2.45) is 17.8 Å². The Hall–Kier alpha value is -1.19. The van der Waals surface area contributed by atoms with E-state index < -0.39 is 11.7 Å². The molecule has 0 aliphatic heterocycles. The number of nitrogens with one attached hydrogen (secondary N) is 1. The summed E-state index contributed by atoms with van der Waals surface area (Å²) in [4.78, 5) is 0. The highest BCUT2D eigenvalue weighted by Crippen LogP contribution is 2.49. The van der Waals surface area contributed by atoms with E-state index in [4.69, 9.17) is 0 Å². The van der Waals surface area contributed by atoms with Gasteiger partial charge in [-0.25, -0.2) is 0 Å². The molecule has 3 rings (SSSR count). The lowest BCUT2D eigenvalue weighted by molar-refractivity contribution is -0.137. The zero-order valence-electron chi connectivity index (χ0n) is 10.9. The molecule has 0 aromatic heterocycles. The zero-order valence-corrected chi connectivity index (χ0v) is 10.9. The molecule has 2 fully saturated rings. The topological polar surface area (TPSA) is 12.0 Å². The molecule has 2 saturated carbocycles. The second-order valence-corrected chi connectivity index (χ2v) is 5.94. The molecule has 4 heteroatoms. The van der Waals surface area contributed by atoms with Crippen molar-refractivity contribution in [3.8, 4) is 0 Å². The van der Waals surface area contributed by atoms with E-state index in [1.807, 2.05) is 0 Å². The monoisotopic (exact) mass is 269 g/mol. The fourth-order valence-corrected chi connectivity index (χ4v) is 3.81. The Bertz CT molecular complexity index is 467. The van der Waals surface area contributed by atoms with Crippen molar-refractivity contribution >= 4 is 5.69 Å². The third kappa shape index (κ3) is 2.33. The number of rotatable bonds is 2. The molecule has 2 unspecified atom stereocenters. The molecule has 1 N–H and O–H groups in total. The summed E-state index contributed by atoms with van der Waals surface area (Å²) in [5.41, 5.74) is 0.0209. The molecule has 4 atom stereocenters. The number of anilines is 1. The van der Waals surface area contributed by atoms with Crippen molar-refractivity contribution < 1.29 is 13.2 Å². The first kappa shape index (κ1) is 12.8. The first-order valence-electron chi connectivity index (χ1n) is 6.89. The second kappa shape index (κ2) is 4.43. The maximum absolute atomic E-state index is 12.7. The molecule has 0 radical (unpaired) electrons. The molecule has 2 bridgehead atoms. The summed E-state index contributed by atoms with van der Waals surface area (Å²) < 4.78 is 38.0. The summed E-state index contributed by atoms with van der Waals surface area (Å²) in [6, 6.07) is 5.88. The van der Waals surface area contributed by atoms with E-state index in [2.05, 4.69) is 12.2 Å². The van der Waals surface area contributed by atoms with E-state index >= 15 is 0 Å². The van der Waals surface area contributed by atoms with Crippen LogP contribution in [-0.2, 0) is 6.18 Å². The average Bonchev–Trinajstić information content (AvgIpc) is 2.92. The molecule has 19 heavy (non-hydrogen) atoms. The lowest BCUT2D eigenvalue weighted by atomic mass is 9.86. The fraction of sp³-hybridized carbons (Fsp3) is 0.600. The van der Waals surface area contributed by atoms with Gasteiger partial charge >= 0.3 is 6.18 Å². The van der Waals surface area contributed by atoms with Crippen molar-refractivity contribution in [1.29, 1.82) is 0 Å². The minimum Gasteiger partial charge on any atom is -0.382 e. The molecule has 0 spiro atoms. The van der Waals surface area contributed by atoms with Crippen LogP contribution >= 0.6 is 0 Å². The van der Waals surface area contributed by atoms with Gasteiger partial charge in [0.05, 0.1) is 5.56 Å². The van der Waals surface area contributed by atoms with Gasteiger partial charge in [0.15, 0.2) is 0 Å². The Morgan fingerprint density at radius 2 is 1.89 bits per heavy atom. The molecule has 1 aromatic rings. The van der Waals surface area contributed by atoms with E-state index in [1.165, 1.54) is 31.4 Å². The summed E-state index contributed by atoms with van der Waals surface area (Å²) in [7, 11) is 0. The molecule has 104 valence electrons. The highest BCUT2D eigenvalue weighted by molar-refractivity contribution is 5.48. The molecular weight excluding hydrogens is 251 g/mol. The minimum atomic E-state index is -4.27. The summed E-state index contributed by atoms with van der Waals surface area (Å²) in [5, 5.41) is 3.33. The molecular formula is C15H18F3N. The summed E-state index contributed by atoms with van der Waals surface area (Å²) >= 11 is 0. The van der Waals surface area contributed by atoms with E-state index in [0.29, 0.717) is 23.6 Å². The molecule has 0 saturated heterocycles. The van der Waals surface area contributed by atoms with Crippen LogP contribution in [0.15, 0.2) is 24.3 Å². The van der Waals surface area contributed by atoms with Gasteiger partial charge in [0.1, 0.15) is 0 Å². The van der Waals surface area contributed by atoms with Gasteiger partial charge in [-0.15, -0.1) is 0 Å². The second-order valence-electron chi connectivity index (χ2n) is 5.94. The van der Waals surface area contributed by atoms with Gasteiger partial charge in [0, 0.05) is 11.7 Å². The molecule has 1 aromatic carbocycles. The summed E-state index contributed by atoms with van der Waals surface area (Å²) in [5.74, 6) is 1.95. The van der Waals surface area contributed by atoms with Crippen molar-refractivity contribution in [1.82, 2.24) is 0 Å². The first-order valence-corrected chi connectivity index (χ1v) is 6.89. The Morgan fingerprint density at radius 1 is 1.16 bits per heavy atom. The van der Waals surface area contributed by atoms with Crippen LogP contribution in [0.1, 0.15) is 31.7 Å². The van der Waals surface area contributed by atoms with E-state index in [0.717, 1.165) is 12.0 Å². The molecule has 2 aliphatic carbocycles. The normalized spacial score (nSPS) is 33.7. The van der Waals surface area contributed by atoms with Gasteiger partial charge in [-0.1, -0.05) is 13.0 Å². The minimum absolute atomic E-state index is 0.335. The SMILES string of the molecule is C[C@@H]1C2CCC(C2)[C@@H]1Nc1cccc(C(F)(F)F)c1. The van der Waals surface area contributed by atoms with Crippen LogP contribution < -0.4 is 5.32 Å². The average molecular weight is 269 g/mol.